The lowest BCUT2D eigenvalue weighted by molar-refractivity contribution is 0.0954. The fourth-order valence-corrected chi connectivity index (χ4v) is 5.81. The molecule has 7 heteroatoms. The summed E-state index contributed by atoms with van der Waals surface area (Å²) in [6.45, 7) is 3.99. The Balaban J connectivity index is 1.31. The van der Waals surface area contributed by atoms with Crippen LogP contribution in [0.1, 0.15) is 86.3 Å². The summed E-state index contributed by atoms with van der Waals surface area (Å²) >= 11 is 0. The van der Waals surface area contributed by atoms with Gasteiger partial charge in [0.05, 0.1) is 16.9 Å². The van der Waals surface area contributed by atoms with Crippen molar-refractivity contribution in [3.8, 4) is 0 Å². The fraction of sp³-hybridized carbons (Fsp3) is 0.571. The van der Waals surface area contributed by atoms with E-state index in [1.165, 1.54) is 5.57 Å². The van der Waals surface area contributed by atoms with Gasteiger partial charge in [-0.2, -0.15) is 0 Å². The van der Waals surface area contributed by atoms with E-state index >= 15 is 0 Å². The van der Waals surface area contributed by atoms with Gasteiger partial charge in [0, 0.05) is 62.2 Å². The molecule has 186 valence electrons. The van der Waals surface area contributed by atoms with Gasteiger partial charge in [-0.1, -0.05) is 25.0 Å². The molecule has 1 saturated heterocycles. The highest BCUT2D eigenvalue weighted by Gasteiger charge is 2.28. The van der Waals surface area contributed by atoms with Gasteiger partial charge in [-0.05, 0) is 56.9 Å². The Morgan fingerprint density at radius 3 is 2.54 bits per heavy atom. The van der Waals surface area contributed by atoms with Crippen LogP contribution < -0.4 is 16.0 Å². The predicted molar refractivity (Wildman–Crippen MR) is 141 cm³/mol. The first-order valence-electron chi connectivity index (χ1n) is 13.4. The summed E-state index contributed by atoms with van der Waals surface area (Å²) in [5.74, 6) is 1.37. The Bertz CT molecular complexity index is 1050. The summed E-state index contributed by atoms with van der Waals surface area (Å²) in [5.41, 5.74) is 11.6. The van der Waals surface area contributed by atoms with Gasteiger partial charge >= 0.3 is 0 Å². The molecule has 1 aliphatic heterocycles. The van der Waals surface area contributed by atoms with Gasteiger partial charge in [0.15, 0.2) is 5.78 Å². The smallest absolute Gasteiger partial charge is 0.225 e. The minimum atomic E-state index is 0.210. The van der Waals surface area contributed by atoms with E-state index in [2.05, 4.69) is 33.2 Å². The van der Waals surface area contributed by atoms with Crippen LogP contribution in [0.25, 0.3) is 6.08 Å². The van der Waals surface area contributed by atoms with Crippen molar-refractivity contribution in [1.29, 1.82) is 0 Å². The van der Waals surface area contributed by atoms with Crippen molar-refractivity contribution in [2.24, 2.45) is 11.7 Å². The number of Topliss-reactive ketones (excluding diaryl/α,β-unsaturated/α-hetero) is 1. The summed E-state index contributed by atoms with van der Waals surface area (Å²) in [4.78, 5) is 29.4. The van der Waals surface area contributed by atoms with Gasteiger partial charge in [0.25, 0.3) is 0 Å². The van der Waals surface area contributed by atoms with E-state index in [1.54, 1.807) is 12.4 Å². The third-order valence-electron chi connectivity index (χ3n) is 7.86. The molecule has 1 saturated carbocycles. The molecule has 0 atom stereocenters. The number of fused-ring (bicyclic) bond motifs is 1. The first kappa shape index (κ1) is 23.9. The minimum Gasteiger partial charge on any atom is -0.381 e. The summed E-state index contributed by atoms with van der Waals surface area (Å²) in [6.07, 6.45) is 17.5. The van der Waals surface area contributed by atoms with Crippen molar-refractivity contribution in [3.63, 3.8) is 0 Å². The molecule has 2 aromatic heterocycles. The van der Waals surface area contributed by atoms with Crippen LogP contribution in [0, 0.1) is 5.92 Å². The van der Waals surface area contributed by atoms with E-state index in [9.17, 15) is 4.79 Å². The number of carbonyl (C=O) groups is 1. The van der Waals surface area contributed by atoms with E-state index in [1.807, 2.05) is 12.3 Å². The molecular formula is C28H38N6O. The first-order chi connectivity index (χ1) is 17.1. The number of piperidine rings is 1. The molecule has 0 amide bonds. The maximum atomic E-state index is 13.6. The van der Waals surface area contributed by atoms with Gasteiger partial charge in [-0.3, -0.25) is 9.78 Å². The number of anilines is 2. The van der Waals surface area contributed by atoms with Gasteiger partial charge in [0.1, 0.15) is 0 Å². The highest BCUT2D eigenvalue weighted by Crippen LogP contribution is 2.37. The number of nitrogens with one attached hydrogen (secondary N) is 1. The second kappa shape index (κ2) is 10.9. The Labute approximate surface area is 208 Å². The number of ketones is 1. The van der Waals surface area contributed by atoms with Crippen molar-refractivity contribution in [2.75, 3.05) is 23.3 Å². The lowest BCUT2D eigenvalue weighted by Crippen LogP contribution is -2.35. The topological polar surface area (TPSA) is 97.0 Å². The molecule has 5 rings (SSSR count). The molecule has 2 fully saturated rings. The molecule has 3 heterocycles. The Hall–Kier alpha value is -2.80. The van der Waals surface area contributed by atoms with E-state index in [-0.39, 0.29) is 5.78 Å². The summed E-state index contributed by atoms with van der Waals surface area (Å²) < 4.78 is 0. The molecule has 7 nitrogen and oxygen atoms in total. The summed E-state index contributed by atoms with van der Waals surface area (Å²) in [5, 5.41) is 3.79. The van der Waals surface area contributed by atoms with Gasteiger partial charge in [0.2, 0.25) is 5.95 Å². The predicted octanol–water partition coefficient (Wildman–Crippen LogP) is 4.78. The maximum Gasteiger partial charge on any atom is 0.225 e. The fourth-order valence-electron chi connectivity index (χ4n) is 5.81. The average Bonchev–Trinajstić information content (AvgIpc) is 3.30. The number of carbonyl (C=O) groups excluding carboxylic acids is 1. The van der Waals surface area contributed by atoms with E-state index in [4.69, 9.17) is 10.7 Å². The van der Waals surface area contributed by atoms with Crippen molar-refractivity contribution in [3.05, 3.63) is 47.1 Å². The molecule has 0 radical (unpaired) electrons. The van der Waals surface area contributed by atoms with Crippen molar-refractivity contribution in [2.45, 2.75) is 83.2 Å². The van der Waals surface area contributed by atoms with Gasteiger partial charge in [-0.25, -0.2) is 9.97 Å². The molecular weight excluding hydrogens is 436 g/mol. The number of nitrogens with two attached hydrogens (primary N) is 1. The lowest BCUT2D eigenvalue weighted by atomic mass is 9.88. The largest absolute Gasteiger partial charge is 0.381 e. The molecule has 2 aromatic rings. The number of nitrogens with zero attached hydrogens (tertiary/aromatic N) is 4. The van der Waals surface area contributed by atoms with Crippen LogP contribution in [0.5, 0.6) is 0 Å². The Kier molecular flexibility index (Phi) is 7.42. The van der Waals surface area contributed by atoms with Crippen LogP contribution in [0.4, 0.5) is 11.6 Å². The summed E-state index contributed by atoms with van der Waals surface area (Å²) in [6, 6.07) is 2.51. The monoisotopic (exact) mass is 474 g/mol. The first-order valence-corrected chi connectivity index (χ1v) is 13.4. The molecule has 0 spiro atoms. The van der Waals surface area contributed by atoms with Crippen LogP contribution >= 0.6 is 0 Å². The molecule has 35 heavy (non-hydrogen) atoms. The lowest BCUT2D eigenvalue weighted by Gasteiger charge is -2.32. The van der Waals surface area contributed by atoms with E-state index in [0.717, 1.165) is 99.3 Å². The quantitative estimate of drug-likeness (QED) is 0.531. The number of pyridine rings is 1. The van der Waals surface area contributed by atoms with Crippen LogP contribution in [-0.4, -0.2) is 45.9 Å². The minimum absolute atomic E-state index is 0.210. The molecule has 2 aliphatic carbocycles. The Morgan fingerprint density at radius 1 is 1.09 bits per heavy atom. The van der Waals surface area contributed by atoms with Crippen LogP contribution in [0.2, 0.25) is 0 Å². The van der Waals surface area contributed by atoms with Gasteiger partial charge < -0.3 is 16.0 Å². The second-order valence-corrected chi connectivity index (χ2v) is 10.5. The van der Waals surface area contributed by atoms with E-state index < -0.39 is 0 Å². The van der Waals surface area contributed by atoms with Crippen LogP contribution in [0.15, 0.2) is 30.2 Å². The van der Waals surface area contributed by atoms with Crippen molar-refractivity contribution in [1.82, 2.24) is 15.0 Å². The zero-order valence-electron chi connectivity index (χ0n) is 20.9. The third kappa shape index (κ3) is 5.56. The van der Waals surface area contributed by atoms with Gasteiger partial charge in [-0.15, -0.1) is 0 Å². The maximum absolute atomic E-state index is 13.6. The molecule has 3 aliphatic rings. The normalized spacial score (nSPS) is 22.6. The second-order valence-electron chi connectivity index (χ2n) is 10.5. The summed E-state index contributed by atoms with van der Waals surface area (Å²) in [7, 11) is 0. The molecule has 3 N–H and O–H groups in total. The van der Waals surface area contributed by atoms with Crippen LogP contribution in [-0.2, 0) is 6.42 Å². The molecule has 0 unspecified atom stereocenters. The highest BCUT2D eigenvalue weighted by atomic mass is 16.1. The van der Waals surface area contributed by atoms with E-state index in [0.29, 0.717) is 24.4 Å². The zero-order valence-corrected chi connectivity index (χ0v) is 20.9. The van der Waals surface area contributed by atoms with Crippen molar-refractivity contribution >= 4 is 23.5 Å². The molecule has 0 bridgehead atoms. The third-order valence-corrected chi connectivity index (χ3v) is 7.86. The highest BCUT2D eigenvalue weighted by molar-refractivity contribution is 6.03. The number of rotatable bonds is 8. The van der Waals surface area contributed by atoms with Crippen LogP contribution in [0.3, 0.4) is 0 Å². The average molecular weight is 475 g/mol. The Morgan fingerprint density at radius 2 is 1.83 bits per heavy atom. The number of allylic oxidation sites excluding steroid dienone is 1. The number of aromatic nitrogens is 3. The number of hydrogen-bond donors (Lipinski definition) is 2. The standard InChI is InChI=1S/C28H38N6O/c1-2-4-20-15-23-25(16-20)32-18-24(27(23)33-22-7-5-21(29)6-8-22)26(35)17-19-9-13-34(14-10-19)28-30-11-3-12-31-28/h3,11-12,15,18-19,21-22H,2,4-10,13-14,16-17,29H2,1H3,(H,32,33). The SMILES string of the molecule is CCCC1=Cc2c(ncc(C(=O)CC3CCN(c4ncccn4)CC3)c2NC2CCC(N)CC2)C1. The zero-order chi connectivity index (χ0) is 24.2. The number of hydrogen-bond acceptors (Lipinski definition) is 7. The molecule has 0 aromatic carbocycles. The van der Waals surface area contributed by atoms with Crippen molar-refractivity contribution < 1.29 is 4.79 Å².